The van der Waals surface area contributed by atoms with Crippen LogP contribution in [0.1, 0.15) is 43.5 Å². The Labute approximate surface area is 191 Å². The number of halogens is 1. The van der Waals surface area contributed by atoms with Crippen molar-refractivity contribution in [2.24, 2.45) is 0 Å². The van der Waals surface area contributed by atoms with Crippen molar-refractivity contribution >= 4 is 38.9 Å². The van der Waals surface area contributed by atoms with Gasteiger partial charge in [0, 0.05) is 25.2 Å². The summed E-state index contributed by atoms with van der Waals surface area (Å²) in [5, 5.41) is 13.7. The van der Waals surface area contributed by atoms with Crippen LogP contribution in [-0.2, 0) is 10.0 Å². The Bertz CT molecular complexity index is 1130. The number of ether oxygens (including phenoxy) is 1. The number of non-ortho nitro benzene ring substituents is 1. The molecule has 1 aliphatic heterocycles. The molecule has 1 saturated heterocycles. The minimum absolute atomic E-state index is 0.0240. The third-order valence-electron chi connectivity index (χ3n) is 4.92. The van der Waals surface area contributed by atoms with Gasteiger partial charge in [0.25, 0.3) is 11.6 Å². The minimum atomic E-state index is -3.75. The number of carbonyl (C=O) groups is 1. The van der Waals surface area contributed by atoms with Gasteiger partial charge in [-0.15, -0.1) is 0 Å². The van der Waals surface area contributed by atoms with E-state index in [9.17, 15) is 23.3 Å². The van der Waals surface area contributed by atoms with Crippen LogP contribution in [0.5, 0.6) is 5.75 Å². The second kappa shape index (κ2) is 9.85. The predicted octanol–water partition coefficient (Wildman–Crippen LogP) is 4.46. The number of sulfonamides is 1. The summed E-state index contributed by atoms with van der Waals surface area (Å²) >= 11 is 6.07. The lowest BCUT2D eigenvalue weighted by atomic mass is 10.1. The molecule has 0 atom stereocenters. The normalized spacial score (nSPS) is 14.9. The number of piperidine rings is 1. The quantitative estimate of drug-likeness (QED) is 0.460. The number of carbonyl (C=O) groups excluding carboxylic acids is 1. The molecule has 1 amide bonds. The van der Waals surface area contributed by atoms with Crippen molar-refractivity contribution in [2.45, 2.75) is 44.1 Å². The van der Waals surface area contributed by atoms with Crippen molar-refractivity contribution in [3.8, 4) is 5.75 Å². The fraction of sp³-hybridized carbons (Fsp3) is 0.381. The van der Waals surface area contributed by atoms with E-state index in [1.165, 1.54) is 34.6 Å². The molecule has 0 unspecified atom stereocenters. The average Bonchev–Trinajstić information content (AvgIpc) is 2.75. The summed E-state index contributed by atoms with van der Waals surface area (Å²) in [5.41, 5.74) is -0.273. The van der Waals surface area contributed by atoms with Crippen molar-refractivity contribution in [1.82, 2.24) is 4.31 Å². The highest BCUT2D eigenvalue weighted by Crippen LogP contribution is 2.32. The molecular formula is C21H24ClN3O6S. The van der Waals surface area contributed by atoms with Crippen LogP contribution in [0.3, 0.4) is 0 Å². The first kappa shape index (κ1) is 24.0. The first-order chi connectivity index (χ1) is 15.1. The maximum absolute atomic E-state index is 13.1. The molecule has 1 heterocycles. The Morgan fingerprint density at radius 2 is 1.84 bits per heavy atom. The summed E-state index contributed by atoms with van der Waals surface area (Å²) in [7, 11) is -3.75. The maximum atomic E-state index is 13.1. The van der Waals surface area contributed by atoms with Crippen molar-refractivity contribution in [1.29, 1.82) is 0 Å². The molecular weight excluding hydrogens is 458 g/mol. The molecule has 1 N–H and O–H groups in total. The molecule has 0 aliphatic carbocycles. The fourth-order valence-electron chi connectivity index (χ4n) is 3.37. The molecule has 1 aliphatic rings. The highest BCUT2D eigenvalue weighted by molar-refractivity contribution is 7.89. The van der Waals surface area contributed by atoms with Crippen LogP contribution in [0.4, 0.5) is 11.4 Å². The zero-order valence-electron chi connectivity index (χ0n) is 17.7. The Morgan fingerprint density at radius 1 is 1.16 bits per heavy atom. The summed E-state index contributed by atoms with van der Waals surface area (Å²) in [6.45, 7) is 4.47. The molecule has 0 aromatic heterocycles. The monoisotopic (exact) mass is 481 g/mol. The van der Waals surface area contributed by atoms with Gasteiger partial charge in [0.05, 0.1) is 32.2 Å². The van der Waals surface area contributed by atoms with E-state index in [2.05, 4.69) is 5.32 Å². The Morgan fingerprint density at radius 3 is 2.47 bits per heavy atom. The van der Waals surface area contributed by atoms with Crippen LogP contribution in [0.2, 0.25) is 5.02 Å². The standard InChI is InChI=1S/C21H24ClN3O6S/c1-14(2)31-20-9-7-16(32(29,30)24-10-4-3-5-11-24)13-19(20)23-21(26)17-12-15(25(27)28)6-8-18(17)22/h6-9,12-14H,3-5,10-11H2,1-2H3,(H,23,26). The fourth-order valence-corrected chi connectivity index (χ4v) is 5.12. The van der Waals surface area contributed by atoms with Gasteiger partial charge in [-0.05, 0) is 51.0 Å². The smallest absolute Gasteiger partial charge is 0.270 e. The summed E-state index contributed by atoms with van der Waals surface area (Å²) in [6.07, 6.45) is 2.33. The molecule has 2 aromatic rings. The van der Waals surface area contributed by atoms with E-state index in [0.717, 1.165) is 25.3 Å². The van der Waals surface area contributed by atoms with E-state index in [1.54, 1.807) is 13.8 Å². The van der Waals surface area contributed by atoms with Crippen molar-refractivity contribution in [3.63, 3.8) is 0 Å². The number of anilines is 1. The Hall–Kier alpha value is -2.69. The van der Waals surface area contributed by atoms with Crippen molar-refractivity contribution in [2.75, 3.05) is 18.4 Å². The van der Waals surface area contributed by atoms with E-state index in [-0.39, 0.29) is 38.7 Å². The van der Waals surface area contributed by atoms with Crippen LogP contribution in [0.15, 0.2) is 41.3 Å². The molecule has 32 heavy (non-hydrogen) atoms. The number of hydrogen-bond acceptors (Lipinski definition) is 6. The zero-order valence-corrected chi connectivity index (χ0v) is 19.3. The lowest BCUT2D eigenvalue weighted by Crippen LogP contribution is -2.35. The number of benzene rings is 2. The first-order valence-corrected chi connectivity index (χ1v) is 12.0. The Kier molecular flexibility index (Phi) is 7.37. The second-order valence-corrected chi connectivity index (χ2v) is 10.0. The maximum Gasteiger partial charge on any atom is 0.270 e. The molecule has 11 heteroatoms. The molecule has 3 rings (SSSR count). The largest absolute Gasteiger partial charge is 0.489 e. The lowest BCUT2D eigenvalue weighted by Gasteiger charge is -2.26. The number of nitro benzene ring substituents is 1. The number of hydrogen-bond donors (Lipinski definition) is 1. The van der Waals surface area contributed by atoms with Gasteiger partial charge in [0.2, 0.25) is 10.0 Å². The molecule has 2 aromatic carbocycles. The van der Waals surface area contributed by atoms with Crippen LogP contribution in [0, 0.1) is 10.1 Å². The molecule has 172 valence electrons. The van der Waals surface area contributed by atoms with Gasteiger partial charge in [0.15, 0.2) is 0 Å². The molecule has 0 bridgehead atoms. The second-order valence-electron chi connectivity index (χ2n) is 7.66. The highest BCUT2D eigenvalue weighted by Gasteiger charge is 2.27. The summed E-state index contributed by atoms with van der Waals surface area (Å²) < 4.78 is 33.3. The van der Waals surface area contributed by atoms with E-state index < -0.39 is 20.9 Å². The van der Waals surface area contributed by atoms with Crippen molar-refractivity contribution in [3.05, 3.63) is 57.1 Å². The number of nitrogens with zero attached hydrogens (tertiary/aromatic N) is 2. The average molecular weight is 482 g/mol. The van der Waals surface area contributed by atoms with Crippen molar-refractivity contribution < 1.29 is 22.9 Å². The van der Waals surface area contributed by atoms with Gasteiger partial charge in [-0.25, -0.2) is 8.42 Å². The molecule has 1 fully saturated rings. The minimum Gasteiger partial charge on any atom is -0.489 e. The highest BCUT2D eigenvalue weighted by atomic mass is 35.5. The first-order valence-electron chi connectivity index (χ1n) is 10.2. The zero-order chi connectivity index (χ0) is 23.5. The van der Waals surface area contributed by atoms with Gasteiger partial charge >= 0.3 is 0 Å². The van der Waals surface area contributed by atoms with Crippen LogP contribution >= 0.6 is 11.6 Å². The number of nitrogens with one attached hydrogen (secondary N) is 1. The molecule has 0 spiro atoms. The molecule has 9 nitrogen and oxygen atoms in total. The number of rotatable bonds is 7. The van der Waals surface area contributed by atoms with Gasteiger partial charge < -0.3 is 10.1 Å². The van der Waals surface area contributed by atoms with Gasteiger partial charge in [0.1, 0.15) is 5.75 Å². The predicted molar refractivity (Wildman–Crippen MR) is 121 cm³/mol. The topological polar surface area (TPSA) is 119 Å². The Balaban J connectivity index is 1.98. The van der Waals surface area contributed by atoms with Gasteiger partial charge in [-0.1, -0.05) is 18.0 Å². The number of amides is 1. The van der Waals surface area contributed by atoms with Gasteiger partial charge in [-0.3, -0.25) is 14.9 Å². The third-order valence-corrected chi connectivity index (χ3v) is 7.14. The van der Waals surface area contributed by atoms with E-state index in [4.69, 9.17) is 16.3 Å². The SMILES string of the molecule is CC(C)Oc1ccc(S(=O)(=O)N2CCCCC2)cc1NC(=O)c1cc([N+](=O)[O-])ccc1Cl. The van der Waals surface area contributed by atoms with Crippen LogP contribution in [-0.4, -0.2) is 42.7 Å². The van der Waals surface area contributed by atoms with Crippen LogP contribution in [0.25, 0.3) is 0 Å². The van der Waals surface area contributed by atoms with E-state index in [0.29, 0.717) is 13.1 Å². The lowest BCUT2D eigenvalue weighted by molar-refractivity contribution is -0.384. The van der Waals surface area contributed by atoms with Crippen LogP contribution < -0.4 is 10.1 Å². The molecule has 0 saturated carbocycles. The summed E-state index contributed by atoms with van der Waals surface area (Å²) in [4.78, 5) is 23.3. The third kappa shape index (κ3) is 5.37. The van der Waals surface area contributed by atoms with E-state index >= 15 is 0 Å². The van der Waals surface area contributed by atoms with E-state index in [1.807, 2.05) is 0 Å². The summed E-state index contributed by atoms with van der Waals surface area (Å²) in [6, 6.07) is 7.79. The van der Waals surface area contributed by atoms with Gasteiger partial charge in [-0.2, -0.15) is 4.31 Å². The summed E-state index contributed by atoms with van der Waals surface area (Å²) in [5.74, 6) is -0.452. The molecule has 0 radical (unpaired) electrons. The number of nitro groups is 1.